The summed E-state index contributed by atoms with van der Waals surface area (Å²) in [6.45, 7) is 2.19. The highest BCUT2D eigenvalue weighted by atomic mass is 16.3. The van der Waals surface area contributed by atoms with Gasteiger partial charge in [-0.25, -0.2) is 0 Å². The standard InChI is InChI=1S/C20H23NO/c22-20-12-6-5-11-18(20)19(21-15-7-2-8-16-21)14-13-17-9-3-1-4-10-17/h1,3-6,9-14,19,22H,2,7-8,15-16H2/b14-13+/t19-/m1/s1. The maximum absolute atomic E-state index is 10.2. The molecule has 3 rings (SSSR count). The highest BCUT2D eigenvalue weighted by Crippen LogP contribution is 2.32. The summed E-state index contributed by atoms with van der Waals surface area (Å²) in [6.07, 6.45) is 8.17. The summed E-state index contributed by atoms with van der Waals surface area (Å²) in [5.41, 5.74) is 2.19. The molecular weight excluding hydrogens is 270 g/mol. The molecule has 22 heavy (non-hydrogen) atoms. The molecule has 0 amide bonds. The van der Waals surface area contributed by atoms with Crippen molar-refractivity contribution in [1.82, 2.24) is 4.90 Å². The molecule has 0 spiro atoms. The second-order valence-electron chi connectivity index (χ2n) is 5.87. The van der Waals surface area contributed by atoms with Crippen LogP contribution in [0.5, 0.6) is 5.75 Å². The molecular formula is C20H23NO. The SMILES string of the molecule is Oc1ccccc1[C@@H](/C=C/c1ccccc1)N1CCCCC1. The summed E-state index contributed by atoms with van der Waals surface area (Å²) in [7, 11) is 0. The second-order valence-corrected chi connectivity index (χ2v) is 5.87. The van der Waals surface area contributed by atoms with E-state index in [4.69, 9.17) is 0 Å². The lowest BCUT2D eigenvalue weighted by atomic mass is 9.99. The molecule has 1 aliphatic rings. The molecule has 1 heterocycles. The zero-order valence-corrected chi connectivity index (χ0v) is 12.9. The Kier molecular flexibility index (Phi) is 4.92. The first-order chi connectivity index (χ1) is 10.8. The minimum atomic E-state index is 0.140. The number of phenolic OH excluding ortho intramolecular Hbond substituents is 1. The molecule has 2 heteroatoms. The van der Waals surface area contributed by atoms with Crippen molar-refractivity contribution < 1.29 is 5.11 Å². The summed E-state index contributed by atoms with van der Waals surface area (Å²) in [5.74, 6) is 0.385. The number of aromatic hydroxyl groups is 1. The van der Waals surface area contributed by atoms with E-state index in [-0.39, 0.29) is 6.04 Å². The molecule has 0 aliphatic carbocycles. The van der Waals surface area contributed by atoms with Gasteiger partial charge in [-0.2, -0.15) is 0 Å². The molecule has 1 N–H and O–H groups in total. The molecule has 114 valence electrons. The van der Waals surface area contributed by atoms with Gasteiger partial charge >= 0.3 is 0 Å². The van der Waals surface area contributed by atoms with Crippen LogP contribution in [0.25, 0.3) is 6.08 Å². The first kappa shape index (κ1) is 14.9. The second kappa shape index (κ2) is 7.28. The Balaban J connectivity index is 1.89. The van der Waals surface area contributed by atoms with E-state index in [1.807, 2.05) is 24.3 Å². The molecule has 2 nitrogen and oxygen atoms in total. The minimum Gasteiger partial charge on any atom is -0.508 e. The largest absolute Gasteiger partial charge is 0.508 e. The normalized spacial score (nSPS) is 17.6. The molecule has 0 saturated carbocycles. The molecule has 1 atom stereocenters. The average Bonchev–Trinajstić information content (AvgIpc) is 2.58. The van der Waals surface area contributed by atoms with Gasteiger partial charge in [-0.05, 0) is 37.6 Å². The lowest BCUT2D eigenvalue weighted by Crippen LogP contribution is -2.32. The molecule has 2 aromatic carbocycles. The van der Waals surface area contributed by atoms with E-state index in [9.17, 15) is 5.11 Å². The van der Waals surface area contributed by atoms with Crippen LogP contribution in [0, 0.1) is 0 Å². The Bertz CT molecular complexity index is 615. The maximum atomic E-state index is 10.2. The van der Waals surface area contributed by atoms with Gasteiger partial charge in [-0.15, -0.1) is 0 Å². The molecule has 1 aliphatic heterocycles. The smallest absolute Gasteiger partial charge is 0.120 e. The molecule has 0 aromatic heterocycles. The van der Waals surface area contributed by atoms with Crippen molar-refractivity contribution in [3.8, 4) is 5.75 Å². The molecule has 0 unspecified atom stereocenters. The third-order valence-electron chi connectivity index (χ3n) is 4.31. The highest BCUT2D eigenvalue weighted by molar-refractivity contribution is 5.51. The van der Waals surface area contributed by atoms with E-state index in [0.717, 1.165) is 18.7 Å². The Hall–Kier alpha value is -2.06. The number of hydrogen-bond donors (Lipinski definition) is 1. The fourth-order valence-corrected chi connectivity index (χ4v) is 3.12. The number of phenols is 1. The number of rotatable bonds is 4. The van der Waals surface area contributed by atoms with Gasteiger partial charge in [0, 0.05) is 5.56 Å². The van der Waals surface area contributed by atoms with Gasteiger partial charge < -0.3 is 5.11 Å². The van der Waals surface area contributed by atoms with Crippen molar-refractivity contribution in [2.24, 2.45) is 0 Å². The summed E-state index contributed by atoms with van der Waals surface area (Å²) in [6, 6.07) is 18.2. The summed E-state index contributed by atoms with van der Waals surface area (Å²) in [5, 5.41) is 10.2. The van der Waals surface area contributed by atoms with Gasteiger partial charge in [0.2, 0.25) is 0 Å². The Morgan fingerprint density at radius 2 is 1.55 bits per heavy atom. The molecule has 2 aromatic rings. The Morgan fingerprint density at radius 3 is 2.27 bits per heavy atom. The Labute approximate surface area is 132 Å². The van der Waals surface area contributed by atoms with Crippen LogP contribution in [0.3, 0.4) is 0 Å². The van der Waals surface area contributed by atoms with Gasteiger partial charge in [0.1, 0.15) is 5.75 Å². The van der Waals surface area contributed by atoms with Gasteiger partial charge in [-0.1, -0.05) is 67.1 Å². The van der Waals surface area contributed by atoms with Crippen LogP contribution in [0.15, 0.2) is 60.7 Å². The van der Waals surface area contributed by atoms with Crippen LogP contribution in [-0.2, 0) is 0 Å². The lowest BCUT2D eigenvalue weighted by Gasteiger charge is -2.33. The van der Waals surface area contributed by atoms with E-state index < -0.39 is 0 Å². The fraction of sp³-hybridized carbons (Fsp3) is 0.300. The summed E-state index contributed by atoms with van der Waals surface area (Å²) >= 11 is 0. The fourth-order valence-electron chi connectivity index (χ4n) is 3.12. The molecule has 1 saturated heterocycles. The van der Waals surface area contributed by atoms with Gasteiger partial charge in [0.25, 0.3) is 0 Å². The molecule has 0 radical (unpaired) electrons. The van der Waals surface area contributed by atoms with Gasteiger partial charge in [0.05, 0.1) is 6.04 Å². The molecule has 0 bridgehead atoms. The predicted molar refractivity (Wildman–Crippen MR) is 91.7 cm³/mol. The van der Waals surface area contributed by atoms with Crippen LogP contribution < -0.4 is 0 Å². The quantitative estimate of drug-likeness (QED) is 0.888. The van der Waals surface area contributed by atoms with E-state index in [1.165, 1.54) is 24.8 Å². The van der Waals surface area contributed by atoms with Crippen LogP contribution in [0.2, 0.25) is 0 Å². The molecule has 1 fully saturated rings. The number of para-hydroxylation sites is 1. The van der Waals surface area contributed by atoms with E-state index in [1.54, 1.807) is 6.07 Å². The summed E-state index contributed by atoms with van der Waals surface area (Å²) in [4.78, 5) is 2.47. The number of benzene rings is 2. The highest BCUT2D eigenvalue weighted by Gasteiger charge is 2.21. The van der Waals surface area contributed by atoms with Crippen molar-refractivity contribution in [2.75, 3.05) is 13.1 Å². The number of hydrogen-bond acceptors (Lipinski definition) is 2. The van der Waals surface area contributed by atoms with Gasteiger partial charge in [-0.3, -0.25) is 4.90 Å². The van der Waals surface area contributed by atoms with Gasteiger partial charge in [0.15, 0.2) is 0 Å². The predicted octanol–water partition coefficient (Wildman–Crippen LogP) is 4.63. The van der Waals surface area contributed by atoms with Crippen molar-refractivity contribution in [1.29, 1.82) is 0 Å². The van der Waals surface area contributed by atoms with Crippen molar-refractivity contribution in [3.63, 3.8) is 0 Å². The zero-order chi connectivity index (χ0) is 15.2. The first-order valence-corrected chi connectivity index (χ1v) is 8.10. The van der Waals surface area contributed by atoms with Crippen LogP contribution >= 0.6 is 0 Å². The summed E-state index contributed by atoms with van der Waals surface area (Å²) < 4.78 is 0. The third-order valence-corrected chi connectivity index (χ3v) is 4.31. The number of likely N-dealkylation sites (tertiary alicyclic amines) is 1. The monoisotopic (exact) mass is 293 g/mol. The number of nitrogens with zero attached hydrogens (tertiary/aromatic N) is 1. The van der Waals surface area contributed by atoms with E-state index in [2.05, 4.69) is 41.3 Å². The average molecular weight is 293 g/mol. The van der Waals surface area contributed by atoms with Crippen LogP contribution in [0.4, 0.5) is 0 Å². The third kappa shape index (κ3) is 3.58. The maximum Gasteiger partial charge on any atom is 0.120 e. The zero-order valence-electron chi connectivity index (χ0n) is 12.9. The topological polar surface area (TPSA) is 23.5 Å². The lowest BCUT2D eigenvalue weighted by molar-refractivity contribution is 0.190. The number of piperidine rings is 1. The van der Waals surface area contributed by atoms with E-state index >= 15 is 0 Å². The Morgan fingerprint density at radius 1 is 0.864 bits per heavy atom. The van der Waals surface area contributed by atoms with E-state index in [0.29, 0.717) is 5.75 Å². The van der Waals surface area contributed by atoms with Crippen LogP contribution in [0.1, 0.15) is 36.4 Å². The first-order valence-electron chi connectivity index (χ1n) is 8.10. The van der Waals surface area contributed by atoms with Crippen molar-refractivity contribution in [3.05, 3.63) is 71.8 Å². The van der Waals surface area contributed by atoms with Crippen LogP contribution in [-0.4, -0.2) is 23.1 Å². The van der Waals surface area contributed by atoms with Crippen molar-refractivity contribution >= 4 is 6.08 Å². The minimum absolute atomic E-state index is 0.140. The van der Waals surface area contributed by atoms with Crippen molar-refractivity contribution in [2.45, 2.75) is 25.3 Å².